The van der Waals surface area contributed by atoms with Gasteiger partial charge in [-0.3, -0.25) is 52.7 Å². The van der Waals surface area contributed by atoms with Crippen molar-refractivity contribution in [3.63, 3.8) is 0 Å². The number of benzene rings is 5. The third-order valence-electron chi connectivity index (χ3n) is 16.2. The van der Waals surface area contributed by atoms with E-state index < -0.39 is 11.8 Å². The first-order valence-electron chi connectivity index (χ1n) is 31.2. The molecule has 488 valence electrons. The van der Waals surface area contributed by atoms with Crippen LogP contribution >= 0.6 is 0 Å². The van der Waals surface area contributed by atoms with Crippen LogP contribution in [0.4, 0.5) is 17.2 Å². The number of pyridine rings is 1. The van der Waals surface area contributed by atoms with Gasteiger partial charge in [0, 0.05) is 103 Å². The van der Waals surface area contributed by atoms with E-state index in [0.29, 0.717) is 70.5 Å². The highest BCUT2D eigenvalue weighted by atomic mass is 16.2. The summed E-state index contributed by atoms with van der Waals surface area (Å²) in [6.45, 7) is 3.77. The maximum absolute atomic E-state index is 12.9. The van der Waals surface area contributed by atoms with Crippen LogP contribution in [-0.2, 0) is 59.7 Å². The van der Waals surface area contributed by atoms with Crippen LogP contribution in [0.15, 0.2) is 209 Å². The summed E-state index contributed by atoms with van der Waals surface area (Å²) in [5, 5.41) is 40.7. The second-order valence-corrected chi connectivity index (χ2v) is 23.5. The number of aryl methyl sites for hydroxylation is 5. The molecule has 3 aliphatic heterocycles. The number of hydrogen-bond acceptors (Lipinski definition) is 15. The third kappa shape index (κ3) is 14.8. The first kappa shape index (κ1) is 63.6. The normalized spacial score (nSPS) is 13.6. The molecule has 18 bridgehead atoms. The molecular formula is C72H62N18O8. The van der Waals surface area contributed by atoms with Crippen molar-refractivity contribution in [1.82, 2.24) is 74.3 Å². The van der Waals surface area contributed by atoms with Crippen molar-refractivity contribution in [1.29, 1.82) is 0 Å². The van der Waals surface area contributed by atoms with Crippen LogP contribution in [0.25, 0.3) is 33.8 Å². The average Bonchev–Trinajstić information content (AvgIpc) is 1.08. The van der Waals surface area contributed by atoms with E-state index >= 15 is 0 Å². The minimum Gasteiger partial charge on any atom is -0.350 e. The number of anilines is 3. The Kier molecular flexibility index (Phi) is 18.1. The lowest BCUT2D eigenvalue weighted by Crippen LogP contribution is -2.27. The number of nitrogens with zero attached hydrogens (tertiary/aromatic N) is 13. The summed E-state index contributed by atoms with van der Waals surface area (Å²) in [7, 11) is 3.36. The number of fused-ring (bicyclic) bond motifs is 24. The molecule has 0 aliphatic carbocycles. The molecule has 5 N–H and O–H groups in total. The second kappa shape index (κ2) is 27.8. The molecule has 0 spiro atoms. The van der Waals surface area contributed by atoms with Crippen molar-refractivity contribution in [3.05, 3.63) is 293 Å². The first-order chi connectivity index (χ1) is 47.5. The average molecular weight is 1310 g/mol. The van der Waals surface area contributed by atoms with Crippen LogP contribution in [0.1, 0.15) is 91.3 Å². The number of hydrogen-bond donors (Lipinski definition) is 5. The van der Waals surface area contributed by atoms with Gasteiger partial charge < -0.3 is 26.6 Å². The van der Waals surface area contributed by atoms with E-state index in [-0.39, 0.29) is 72.0 Å². The molecule has 0 saturated heterocycles. The lowest BCUT2D eigenvalue weighted by atomic mass is 10.1. The van der Waals surface area contributed by atoms with Crippen molar-refractivity contribution in [2.24, 2.45) is 14.1 Å². The van der Waals surface area contributed by atoms with Gasteiger partial charge in [-0.2, -0.15) is 30.6 Å². The number of nitrogens with one attached hydrogen (secondary N) is 5. The predicted octanol–water partition coefficient (Wildman–Crippen LogP) is 7.09. The summed E-state index contributed by atoms with van der Waals surface area (Å²) in [5.41, 5.74) is 12.0. The van der Waals surface area contributed by atoms with Crippen molar-refractivity contribution < 1.29 is 24.0 Å². The first-order valence-corrected chi connectivity index (χ1v) is 31.2. The van der Waals surface area contributed by atoms with Crippen LogP contribution in [-0.4, -0.2) is 99.7 Å². The maximum atomic E-state index is 12.9. The van der Waals surface area contributed by atoms with Gasteiger partial charge in [0.2, 0.25) is 0 Å². The highest BCUT2D eigenvalue weighted by molar-refractivity contribution is 6.09. The number of aromatic nitrogens is 13. The smallest absolute Gasteiger partial charge is 0.274 e. The highest BCUT2D eigenvalue weighted by Crippen LogP contribution is 2.24. The minimum atomic E-state index is -0.442. The maximum Gasteiger partial charge on any atom is 0.274 e. The van der Waals surface area contributed by atoms with Crippen LogP contribution in [0.2, 0.25) is 0 Å². The highest BCUT2D eigenvalue weighted by Gasteiger charge is 2.23. The molecule has 26 heteroatoms. The lowest BCUT2D eigenvalue weighted by Gasteiger charge is -2.12. The van der Waals surface area contributed by atoms with E-state index in [4.69, 9.17) is 0 Å². The number of carbonyl (C=O) groups excluding carboxylic acids is 5. The van der Waals surface area contributed by atoms with Crippen LogP contribution < -0.4 is 43.3 Å². The van der Waals surface area contributed by atoms with Crippen LogP contribution in [0, 0.1) is 6.92 Å². The van der Waals surface area contributed by atoms with Crippen molar-refractivity contribution in [2.75, 3.05) is 22.5 Å². The molecule has 98 heavy (non-hydrogen) atoms. The fourth-order valence-corrected chi connectivity index (χ4v) is 11.4. The van der Waals surface area contributed by atoms with E-state index in [1.54, 1.807) is 112 Å². The Bertz CT molecular complexity index is 5310. The second-order valence-electron chi connectivity index (χ2n) is 23.5. The molecule has 0 atom stereocenters. The minimum absolute atomic E-state index is 0.0994. The van der Waals surface area contributed by atoms with Crippen molar-refractivity contribution in [3.8, 4) is 33.8 Å². The standard InChI is InChI=1S/C25H22N6O3.C24H21N5O2.C23H19N7O3/c1-30-15-21-23(29-30)25(34)26-11-10-16-4-2-6-18(12-16)20-8-9-22(32)31(28-20)14-17-5-3-7-19(13-17)24(33)27-21;1-16-12-22-25-24(31)20-7-3-5-18(14-20)15-29-23(30)9-8-21(27-29)19-6-2-4-17(13-19)10-11-28(22)26-16;1-29-13-19-21(28-29)23(33)25-11-17-10-15(7-8-24-17)18-5-6-20(31)30(27-18)12-14-3-2-4-16(9-14)22(32)26-19/h2-9,12-13,15H,10-11,14H2,1H3,(H,26,34)(H,27,33);2-9,12-14H,10-11,15H2,1H3,(H,25,31);2-10,13H,11-12H2,1H3,(H,25,33)(H,26,32). The molecule has 5 aromatic carbocycles. The molecule has 0 unspecified atom stereocenters. The number of amides is 5. The van der Waals surface area contributed by atoms with Gasteiger partial charge in [0.25, 0.3) is 46.2 Å². The molecular weight excluding hydrogens is 1240 g/mol. The fraction of sp³-hybridized carbons (Fsp3) is 0.153. The van der Waals surface area contributed by atoms with E-state index in [1.165, 1.54) is 41.6 Å². The van der Waals surface area contributed by atoms with Gasteiger partial charge in [-0.05, 0) is 126 Å². The molecule has 26 nitrogen and oxygen atoms in total. The van der Waals surface area contributed by atoms with Crippen molar-refractivity contribution >= 4 is 46.7 Å². The zero-order valence-corrected chi connectivity index (χ0v) is 53.2. The molecule has 0 saturated carbocycles. The summed E-state index contributed by atoms with van der Waals surface area (Å²) < 4.78 is 8.95. The number of carbonyl (C=O) groups is 5. The summed E-state index contributed by atoms with van der Waals surface area (Å²) in [4.78, 5) is 106. The quantitative estimate of drug-likeness (QED) is 0.101. The third-order valence-corrected chi connectivity index (χ3v) is 16.2. The zero-order chi connectivity index (χ0) is 68.0. The van der Waals surface area contributed by atoms with Crippen LogP contribution in [0.3, 0.4) is 0 Å². The molecule has 10 heterocycles. The molecule has 0 fully saturated rings. The summed E-state index contributed by atoms with van der Waals surface area (Å²) in [5.74, 6) is -1.14. The molecule has 7 aromatic heterocycles. The molecule has 0 radical (unpaired) electrons. The fourth-order valence-electron chi connectivity index (χ4n) is 11.4. The van der Waals surface area contributed by atoms with Gasteiger partial charge in [-0.15, -0.1) is 0 Å². The molecule has 3 aliphatic rings. The van der Waals surface area contributed by atoms with Gasteiger partial charge >= 0.3 is 0 Å². The van der Waals surface area contributed by atoms with E-state index in [9.17, 15) is 38.4 Å². The Morgan fingerprint density at radius 1 is 0.378 bits per heavy atom. The largest absolute Gasteiger partial charge is 0.350 e. The van der Waals surface area contributed by atoms with Gasteiger partial charge in [0.15, 0.2) is 11.4 Å². The molecule has 15 rings (SSSR count). The monoisotopic (exact) mass is 1310 g/mol. The van der Waals surface area contributed by atoms with Gasteiger partial charge in [0.05, 0.1) is 66.0 Å². The van der Waals surface area contributed by atoms with Gasteiger partial charge in [0.1, 0.15) is 5.82 Å². The number of rotatable bonds is 0. The molecule has 5 amide bonds. The van der Waals surface area contributed by atoms with Gasteiger partial charge in [-0.1, -0.05) is 72.8 Å². The predicted molar refractivity (Wildman–Crippen MR) is 364 cm³/mol. The Labute approximate surface area is 558 Å². The van der Waals surface area contributed by atoms with Crippen molar-refractivity contribution in [2.45, 2.75) is 52.5 Å². The summed E-state index contributed by atoms with van der Waals surface area (Å²) in [6.07, 6.45) is 6.12. The summed E-state index contributed by atoms with van der Waals surface area (Å²) in [6, 6.07) is 52.1. The molecule has 12 aromatic rings. The van der Waals surface area contributed by atoms with E-state index in [2.05, 4.69) is 74.3 Å². The van der Waals surface area contributed by atoms with E-state index in [0.717, 1.165) is 62.3 Å². The van der Waals surface area contributed by atoms with Gasteiger partial charge in [-0.25, -0.2) is 18.7 Å². The Hall–Kier alpha value is -13.1. The van der Waals surface area contributed by atoms with Crippen LogP contribution in [0.5, 0.6) is 0 Å². The Morgan fingerprint density at radius 2 is 0.796 bits per heavy atom. The Balaban J connectivity index is 0.000000132. The SMILES string of the molecule is Cc1cc2n(n1)CCc1cccc(c1)-c1ccc(=O)n(n1)Cc1cccc(c1)C(=O)N2.Cn1cc2c(n1)C(=O)NCCc1cccc(c1)-c1ccc(=O)n(n1)Cc1cccc(c1)C(=O)N2.Cn1cc2c(n1)C(=O)NCc1cc(ccn1)-c1ccc(=O)n(n1)Cc1cccc(c1)C(=O)N2. The Morgan fingerprint density at radius 3 is 1.29 bits per heavy atom. The topological polar surface area (TPSA) is 317 Å². The lowest BCUT2D eigenvalue weighted by molar-refractivity contribution is 0.0938. The van der Waals surface area contributed by atoms with E-state index in [1.807, 2.05) is 78.3 Å². The zero-order valence-electron chi connectivity index (χ0n) is 53.2. The summed E-state index contributed by atoms with van der Waals surface area (Å²) >= 11 is 0.